The number of hydrogen-bond donors (Lipinski definition) is 1. The molecule has 4 heteroatoms. The summed E-state index contributed by atoms with van der Waals surface area (Å²) in [7, 11) is 0. The Morgan fingerprint density at radius 2 is 1.78 bits per heavy atom. The molecule has 4 nitrogen and oxygen atoms in total. The number of hydrogen-bond acceptors (Lipinski definition) is 3. The molecular formula is C23H29NO3. The van der Waals surface area contributed by atoms with Crippen LogP contribution in [-0.2, 0) is 16.6 Å². The molecule has 0 fully saturated rings. The fraction of sp³-hybridized carbons (Fsp3) is 0.478. The average Bonchev–Trinajstić information content (AvgIpc) is 2.91. The van der Waals surface area contributed by atoms with Crippen LogP contribution in [0.3, 0.4) is 0 Å². The molecule has 0 bridgehead atoms. The van der Waals surface area contributed by atoms with Crippen molar-refractivity contribution < 1.29 is 14.3 Å². The van der Waals surface area contributed by atoms with E-state index in [1.54, 1.807) is 0 Å². The molecule has 0 unspecified atom stereocenters. The van der Waals surface area contributed by atoms with Gasteiger partial charge in [-0.3, -0.25) is 4.79 Å². The monoisotopic (exact) mass is 367 g/mol. The standard InChI is InChI=1S/C23H29NO3/c1-13(2)27-22(26)21-14(3)20-18(24-21)11-16(12-19(20)25)15-7-9-17(10-8-15)23(4,5)6/h7-10,13,16,24H,11-12H2,1-6H3/t16-/m1/s1. The minimum Gasteiger partial charge on any atom is -0.458 e. The number of ether oxygens (including phenoxy) is 1. The van der Waals surface area contributed by atoms with Crippen LogP contribution in [0.25, 0.3) is 0 Å². The first-order chi connectivity index (χ1) is 12.6. The summed E-state index contributed by atoms with van der Waals surface area (Å²) in [6.07, 6.45) is 1.01. The molecule has 1 aliphatic carbocycles. The van der Waals surface area contributed by atoms with Gasteiger partial charge in [-0.15, -0.1) is 0 Å². The van der Waals surface area contributed by atoms with Crippen molar-refractivity contribution in [2.75, 3.05) is 0 Å². The van der Waals surface area contributed by atoms with E-state index in [1.165, 1.54) is 11.1 Å². The molecule has 0 radical (unpaired) electrons. The Hall–Kier alpha value is -2.36. The Morgan fingerprint density at radius 3 is 2.33 bits per heavy atom. The van der Waals surface area contributed by atoms with E-state index in [0.29, 0.717) is 23.2 Å². The van der Waals surface area contributed by atoms with Gasteiger partial charge < -0.3 is 9.72 Å². The molecule has 0 spiro atoms. The SMILES string of the molecule is Cc1c(C(=O)OC(C)C)[nH]c2c1C(=O)C[C@H](c1ccc(C(C)(C)C)cc1)C2. The number of aromatic nitrogens is 1. The van der Waals surface area contributed by atoms with E-state index < -0.39 is 5.97 Å². The molecule has 1 atom stereocenters. The first-order valence-corrected chi connectivity index (χ1v) is 9.64. The smallest absolute Gasteiger partial charge is 0.355 e. The Labute approximate surface area is 161 Å². The number of fused-ring (bicyclic) bond motifs is 1. The van der Waals surface area contributed by atoms with Crippen molar-refractivity contribution in [1.29, 1.82) is 0 Å². The summed E-state index contributed by atoms with van der Waals surface area (Å²) in [5, 5.41) is 0. The third kappa shape index (κ3) is 3.85. The van der Waals surface area contributed by atoms with Gasteiger partial charge in [-0.05, 0) is 55.2 Å². The first kappa shape index (κ1) is 19.4. The minimum atomic E-state index is -0.393. The maximum absolute atomic E-state index is 12.8. The second-order valence-corrected chi connectivity index (χ2v) is 8.83. The lowest BCUT2D eigenvalue weighted by molar-refractivity contribution is 0.0370. The highest BCUT2D eigenvalue weighted by atomic mass is 16.5. The van der Waals surface area contributed by atoms with Gasteiger partial charge in [0.15, 0.2) is 5.78 Å². The summed E-state index contributed by atoms with van der Waals surface area (Å²) in [5.74, 6) is -0.166. The normalized spacial score (nSPS) is 17.1. The molecule has 0 aliphatic heterocycles. The summed E-state index contributed by atoms with van der Waals surface area (Å²) >= 11 is 0. The van der Waals surface area contributed by atoms with Gasteiger partial charge in [0, 0.05) is 17.7 Å². The first-order valence-electron chi connectivity index (χ1n) is 9.64. The third-order valence-corrected chi connectivity index (χ3v) is 5.28. The molecule has 1 heterocycles. The second-order valence-electron chi connectivity index (χ2n) is 8.83. The molecule has 0 amide bonds. The van der Waals surface area contributed by atoms with Crippen molar-refractivity contribution in [2.24, 2.45) is 0 Å². The number of ketones is 1. The van der Waals surface area contributed by atoms with Gasteiger partial charge in [-0.25, -0.2) is 4.79 Å². The van der Waals surface area contributed by atoms with E-state index in [9.17, 15) is 9.59 Å². The predicted octanol–water partition coefficient (Wildman–Crippen LogP) is 5.10. The number of benzene rings is 1. The zero-order chi connectivity index (χ0) is 19.9. The predicted molar refractivity (Wildman–Crippen MR) is 107 cm³/mol. The highest BCUT2D eigenvalue weighted by molar-refractivity contribution is 6.03. The molecular weight excluding hydrogens is 338 g/mol. The Kier molecular flexibility index (Phi) is 5.02. The van der Waals surface area contributed by atoms with Crippen LogP contribution < -0.4 is 0 Å². The van der Waals surface area contributed by atoms with Crippen molar-refractivity contribution >= 4 is 11.8 Å². The molecule has 1 aromatic carbocycles. The zero-order valence-electron chi connectivity index (χ0n) is 17.1. The van der Waals surface area contributed by atoms with Crippen LogP contribution in [0.5, 0.6) is 0 Å². The third-order valence-electron chi connectivity index (χ3n) is 5.28. The average molecular weight is 367 g/mol. The quantitative estimate of drug-likeness (QED) is 0.768. The maximum Gasteiger partial charge on any atom is 0.355 e. The van der Waals surface area contributed by atoms with E-state index in [4.69, 9.17) is 4.74 Å². The number of carbonyl (C=O) groups excluding carboxylic acids is 2. The van der Waals surface area contributed by atoms with Gasteiger partial charge in [0.2, 0.25) is 0 Å². The Bertz CT molecular complexity index is 866. The molecule has 1 aromatic heterocycles. The fourth-order valence-corrected chi connectivity index (χ4v) is 3.80. The van der Waals surface area contributed by atoms with Gasteiger partial charge in [0.1, 0.15) is 5.69 Å². The van der Waals surface area contributed by atoms with Gasteiger partial charge in [-0.1, -0.05) is 45.0 Å². The van der Waals surface area contributed by atoms with E-state index in [1.807, 2.05) is 20.8 Å². The summed E-state index contributed by atoms with van der Waals surface area (Å²) in [6, 6.07) is 8.57. The van der Waals surface area contributed by atoms with Crippen LogP contribution in [-0.4, -0.2) is 22.8 Å². The Balaban J connectivity index is 1.88. The van der Waals surface area contributed by atoms with Crippen LogP contribution in [0.15, 0.2) is 24.3 Å². The molecule has 0 saturated carbocycles. The molecule has 1 aliphatic rings. The van der Waals surface area contributed by atoms with E-state index in [2.05, 4.69) is 50.0 Å². The number of aromatic amines is 1. The highest BCUT2D eigenvalue weighted by Gasteiger charge is 2.32. The van der Waals surface area contributed by atoms with Crippen molar-refractivity contribution in [3.63, 3.8) is 0 Å². The van der Waals surface area contributed by atoms with Crippen molar-refractivity contribution in [2.45, 2.75) is 71.8 Å². The van der Waals surface area contributed by atoms with Crippen LogP contribution in [0.4, 0.5) is 0 Å². The van der Waals surface area contributed by atoms with E-state index in [0.717, 1.165) is 12.1 Å². The largest absolute Gasteiger partial charge is 0.458 e. The molecule has 3 rings (SSSR count). The number of nitrogens with one attached hydrogen (secondary N) is 1. The lowest BCUT2D eigenvalue weighted by atomic mass is 9.80. The van der Waals surface area contributed by atoms with Gasteiger partial charge in [0.25, 0.3) is 0 Å². The van der Waals surface area contributed by atoms with Crippen molar-refractivity contribution in [3.8, 4) is 0 Å². The topological polar surface area (TPSA) is 59.2 Å². The number of Topliss-reactive ketones (excluding diaryl/α,β-unsaturated/α-hetero) is 1. The lowest BCUT2D eigenvalue weighted by Crippen LogP contribution is -2.19. The summed E-state index contributed by atoms with van der Waals surface area (Å²) in [5.41, 5.74) is 5.20. The zero-order valence-corrected chi connectivity index (χ0v) is 17.1. The Morgan fingerprint density at radius 1 is 1.15 bits per heavy atom. The molecule has 1 N–H and O–H groups in total. The highest BCUT2D eigenvalue weighted by Crippen LogP contribution is 2.36. The van der Waals surface area contributed by atoms with E-state index in [-0.39, 0.29) is 23.2 Å². The maximum atomic E-state index is 12.8. The van der Waals surface area contributed by atoms with Crippen molar-refractivity contribution in [3.05, 3.63) is 57.9 Å². The molecule has 2 aromatic rings. The number of H-pyrrole nitrogens is 1. The van der Waals surface area contributed by atoms with E-state index >= 15 is 0 Å². The van der Waals surface area contributed by atoms with Crippen LogP contribution in [0, 0.1) is 6.92 Å². The number of carbonyl (C=O) groups is 2. The fourth-order valence-electron chi connectivity index (χ4n) is 3.80. The molecule has 144 valence electrons. The van der Waals surface area contributed by atoms with Gasteiger partial charge in [-0.2, -0.15) is 0 Å². The second kappa shape index (κ2) is 6.99. The lowest BCUT2D eigenvalue weighted by Gasteiger charge is -2.24. The summed E-state index contributed by atoms with van der Waals surface area (Å²) < 4.78 is 5.31. The van der Waals surface area contributed by atoms with Crippen LogP contribution in [0.1, 0.15) is 90.2 Å². The minimum absolute atomic E-state index is 0.0958. The van der Waals surface area contributed by atoms with Gasteiger partial charge in [0.05, 0.1) is 6.10 Å². The number of rotatable bonds is 3. The van der Waals surface area contributed by atoms with Crippen LogP contribution in [0.2, 0.25) is 0 Å². The summed E-state index contributed by atoms with van der Waals surface area (Å²) in [4.78, 5) is 28.3. The van der Waals surface area contributed by atoms with Crippen LogP contribution >= 0.6 is 0 Å². The summed E-state index contributed by atoms with van der Waals surface area (Å²) in [6.45, 7) is 12.0. The number of esters is 1. The van der Waals surface area contributed by atoms with Gasteiger partial charge >= 0.3 is 5.97 Å². The molecule has 0 saturated heterocycles. The molecule has 27 heavy (non-hydrogen) atoms. The van der Waals surface area contributed by atoms with Crippen molar-refractivity contribution in [1.82, 2.24) is 4.98 Å².